The number of hydrogen-bond donors (Lipinski definition) is 3. The molecule has 1 unspecified atom stereocenters. The molecule has 27 heavy (non-hydrogen) atoms. The molecule has 9 heteroatoms. The molecule has 3 aliphatic heterocycles. The molecule has 3 N–H and O–H groups in total. The lowest BCUT2D eigenvalue weighted by molar-refractivity contribution is -0.132. The van der Waals surface area contributed by atoms with Gasteiger partial charge < -0.3 is 20.9 Å². The largest absolute Gasteiger partial charge is 0.339 e. The second-order valence-electron chi connectivity index (χ2n) is 7.06. The van der Waals surface area contributed by atoms with Crippen LogP contribution in [-0.4, -0.2) is 47.2 Å². The first-order valence-electron chi connectivity index (χ1n) is 8.88. The number of likely N-dealkylation sites (tertiary alicyclic amines) is 1. The standard InChI is InChI=1S/C18H21N5O3S/c1-10-13(14(21-17(26)19-10)12-4-3-9-27-12)15(24)23-7-5-18(6-8-23)16(25)20-11(2)22-18/h3-4,9,14H,5-8H2,1-2H3,(H2,19,21,26)(H,20,22,25). The summed E-state index contributed by atoms with van der Waals surface area (Å²) in [5.74, 6) is 0.438. The van der Waals surface area contributed by atoms with E-state index < -0.39 is 11.6 Å². The number of rotatable bonds is 2. The molecule has 1 atom stereocenters. The second-order valence-corrected chi connectivity index (χ2v) is 8.04. The molecule has 1 fully saturated rings. The van der Waals surface area contributed by atoms with Crippen molar-refractivity contribution in [2.45, 2.75) is 38.3 Å². The van der Waals surface area contributed by atoms with Crippen LogP contribution in [0.15, 0.2) is 33.8 Å². The first kappa shape index (κ1) is 17.7. The summed E-state index contributed by atoms with van der Waals surface area (Å²) in [5.41, 5.74) is 0.370. The van der Waals surface area contributed by atoms with E-state index in [1.807, 2.05) is 17.5 Å². The Kier molecular flexibility index (Phi) is 4.26. The van der Waals surface area contributed by atoms with Crippen molar-refractivity contribution in [3.05, 3.63) is 33.7 Å². The Hall–Kier alpha value is -2.68. The van der Waals surface area contributed by atoms with Gasteiger partial charge in [0.05, 0.1) is 11.6 Å². The molecule has 0 aliphatic carbocycles. The van der Waals surface area contributed by atoms with Crippen LogP contribution >= 0.6 is 11.3 Å². The average molecular weight is 387 g/mol. The summed E-state index contributed by atoms with van der Waals surface area (Å²) in [5, 5.41) is 10.2. The zero-order valence-electron chi connectivity index (χ0n) is 15.2. The number of amidine groups is 1. The maximum atomic E-state index is 13.3. The lowest BCUT2D eigenvalue weighted by Crippen LogP contribution is -2.53. The van der Waals surface area contributed by atoms with Crippen LogP contribution < -0.4 is 16.0 Å². The number of aliphatic imine (C=N–C) groups is 1. The molecule has 4 amide bonds. The number of nitrogens with one attached hydrogen (secondary N) is 3. The summed E-state index contributed by atoms with van der Waals surface area (Å²) in [6, 6.07) is 3.03. The van der Waals surface area contributed by atoms with E-state index in [-0.39, 0.29) is 17.8 Å². The van der Waals surface area contributed by atoms with Gasteiger partial charge in [-0.3, -0.25) is 14.6 Å². The predicted molar refractivity (Wildman–Crippen MR) is 101 cm³/mol. The monoisotopic (exact) mass is 387 g/mol. The van der Waals surface area contributed by atoms with Gasteiger partial charge in [0.25, 0.3) is 11.8 Å². The number of hydrogen-bond acceptors (Lipinski definition) is 5. The van der Waals surface area contributed by atoms with Crippen LogP contribution in [0.1, 0.15) is 37.6 Å². The molecule has 0 radical (unpaired) electrons. The summed E-state index contributed by atoms with van der Waals surface area (Å²) in [6.07, 6.45) is 0.995. The van der Waals surface area contributed by atoms with Crippen LogP contribution in [0.4, 0.5) is 4.79 Å². The number of urea groups is 1. The van der Waals surface area contributed by atoms with E-state index in [4.69, 9.17) is 0 Å². The predicted octanol–water partition coefficient (Wildman–Crippen LogP) is 1.29. The highest BCUT2D eigenvalue weighted by Crippen LogP contribution is 2.34. The maximum absolute atomic E-state index is 13.3. The van der Waals surface area contributed by atoms with Gasteiger partial charge in [-0.05, 0) is 38.1 Å². The molecule has 1 saturated heterocycles. The van der Waals surface area contributed by atoms with Crippen molar-refractivity contribution in [3.63, 3.8) is 0 Å². The lowest BCUT2D eigenvalue weighted by Gasteiger charge is -2.38. The number of carbonyl (C=O) groups excluding carboxylic acids is 3. The summed E-state index contributed by atoms with van der Waals surface area (Å²) < 4.78 is 0. The number of piperidine rings is 1. The summed E-state index contributed by atoms with van der Waals surface area (Å²) in [7, 11) is 0. The fourth-order valence-electron chi connectivity index (χ4n) is 3.92. The van der Waals surface area contributed by atoms with E-state index >= 15 is 0 Å². The number of nitrogens with zero attached hydrogens (tertiary/aromatic N) is 2. The molecule has 0 bridgehead atoms. The normalized spacial score (nSPS) is 24.4. The van der Waals surface area contributed by atoms with E-state index in [9.17, 15) is 14.4 Å². The van der Waals surface area contributed by atoms with Gasteiger partial charge in [-0.1, -0.05) is 6.07 Å². The fourth-order valence-corrected chi connectivity index (χ4v) is 4.70. The minimum Gasteiger partial charge on any atom is -0.339 e. The van der Waals surface area contributed by atoms with Crippen LogP contribution in [0.2, 0.25) is 0 Å². The average Bonchev–Trinajstić information content (AvgIpc) is 3.23. The Morgan fingerprint density at radius 1 is 1.26 bits per heavy atom. The highest BCUT2D eigenvalue weighted by molar-refractivity contribution is 7.10. The number of carbonyl (C=O) groups is 3. The Morgan fingerprint density at radius 2 is 2.00 bits per heavy atom. The topological polar surface area (TPSA) is 103 Å². The zero-order chi connectivity index (χ0) is 19.2. The third-order valence-electron chi connectivity index (χ3n) is 5.30. The second kappa shape index (κ2) is 6.49. The minimum absolute atomic E-state index is 0.0782. The van der Waals surface area contributed by atoms with E-state index in [2.05, 4.69) is 20.9 Å². The van der Waals surface area contributed by atoms with E-state index in [0.717, 1.165) is 4.88 Å². The van der Waals surface area contributed by atoms with Crippen molar-refractivity contribution in [2.24, 2.45) is 4.99 Å². The summed E-state index contributed by atoms with van der Waals surface area (Å²) in [6.45, 7) is 4.42. The Labute approximate surface area is 160 Å². The van der Waals surface area contributed by atoms with Crippen LogP contribution in [0.5, 0.6) is 0 Å². The van der Waals surface area contributed by atoms with Gasteiger partial charge in [0.2, 0.25) is 0 Å². The van der Waals surface area contributed by atoms with Crippen molar-refractivity contribution in [2.75, 3.05) is 13.1 Å². The van der Waals surface area contributed by atoms with Crippen molar-refractivity contribution in [1.82, 2.24) is 20.9 Å². The van der Waals surface area contributed by atoms with Gasteiger partial charge in [-0.25, -0.2) is 4.79 Å². The molecular weight excluding hydrogens is 366 g/mol. The minimum atomic E-state index is -0.740. The molecular formula is C18H21N5O3S. The molecule has 0 saturated carbocycles. The molecule has 142 valence electrons. The highest BCUT2D eigenvalue weighted by Gasteiger charge is 2.46. The first-order chi connectivity index (χ1) is 12.9. The van der Waals surface area contributed by atoms with E-state index in [0.29, 0.717) is 43.0 Å². The Balaban J connectivity index is 1.56. The van der Waals surface area contributed by atoms with Gasteiger partial charge in [-0.15, -0.1) is 11.3 Å². The van der Waals surface area contributed by atoms with Crippen molar-refractivity contribution in [1.29, 1.82) is 0 Å². The van der Waals surface area contributed by atoms with Gasteiger partial charge in [0.15, 0.2) is 0 Å². The van der Waals surface area contributed by atoms with Crippen molar-refractivity contribution < 1.29 is 14.4 Å². The van der Waals surface area contributed by atoms with Crippen LogP contribution in [-0.2, 0) is 9.59 Å². The van der Waals surface area contributed by atoms with Crippen LogP contribution in [0, 0.1) is 0 Å². The number of amides is 4. The molecule has 1 aromatic heterocycles. The molecule has 4 rings (SSSR count). The molecule has 4 heterocycles. The van der Waals surface area contributed by atoms with Crippen LogP contribution in [0.3, 0.4) is 0 Å². The molecule has 1 aromatic rings. The summed E-state index contributed by atoms with van der Waals surface area (Å²) >= 11 is 1.50. The number of allylic oxidation sites excluding steroid dienone is 1. The van der Waals surface area contributed by atoms with E-state index in [1.54, 1.807) is 18.7 Å². The Bertz CT molecular complexity index is 866. The lowest BCUT2D eigenvalue weighted by atomic mass is 9.87. The van der Waals surface area contributed by atoms with Gasteiger partial charge >= 0.3 is 6.03 Å². The maximum Gasteiger partial charge on any atom is 0.319 e. The van der Waals surface area contributed by atoms with Crippen LogP contribution in [0.25, 0.3) is 0 Å². The van der Waals surface area contributed by atoms with Crippen molar-refractivity contribution in [3.8, 4) is 0 Å². The smallest absolute Gasteiger partial charge is 0.319 e. The SMILES string of the molecule is CC1=NC2(CCN(C(=O)C3=C(C)NC(=O)NC3c3cccs3)CC2)C(=O)N1. The molecule has 8 nitrogen and oxygen atoms in total. The zero-order valence-corrected chi connectivity index (χ0v) is 16.0. The fraction of sp³-hybridized carbons (Fsp3) is 0.444. The van der Waals surface area contributed by atoms with Gasteiger partial charge in [-0.2, -0.15) is 0 Å². The van der Waals surface area contributed by atoms with Gasteiger partial charge in [0.1, 0.15) is 11.4 Å². The molecule has 1 spiro atoms. The molecule has 3 aliphatic rings. The summed E-state index contributed by atoms with van der Waals surface area (Å²) in [4.78, 5) is 44.6. The third kappa shape index (κ3) is 3.01. The highest BCUT2D eigenvalue weighted by atomic mass is 32.1. The van der Waals surface area contributed by atoms with Gasteiger partial charge in [0, 0.05) is 23.7 Å². The Morgan fingerprint density at radius 3 is 2.59 bits per heavy atom. The first-order valence-corrected chi connectivity index (χ1v) is 9.76. The quantitative estimate of drug-likeness (QED) is 0.712. The number of thiophene rings is 1. The van der Waals surface area contributed by atoms with Crippen molar-refractivity contribution >= 4 is 35.0 Å². The third-order valence-corrected chi connectivity index (χ3v) is 6.24. The molecule has 0 aromatic carbocycles. The van der Waals surface area contributed by atoms with E-state index in [1.165, 1.54) is 11.3 Å².